The van der Waals surface area contributed by atoms with Crippen molar-refractivity contribution in [3.05, 3.63) is 102 Å². The highest BCUT2D eigenvalue weighted by molar-refractivity contribution is 7.91. The molecular formula is C81H134ClN7O10S2. The number of carbonyl (C=O) groups is 4. The van der Waals surface area contributed by atoms with E-state index in [0.29, 0.717) is 53.2 Å². The lowest BCUT2D eigenvalue weighted by Crippen LogP contribution is -2.50. The molecule has 1 N–H and O–H groups in total. The fourth-order valence-corrected chi connectivity index (χ4v) is 16.7. The van der Waals surface area contributed by atoms with E-state index < -0.39 is 19.7 Å². The summed E-state index contributed by atoms with van der Waals surface area (Å²) in [6, 6.07) is 14.8. The van der Waals surface area contributed by atoms with Gasteiger partial charge in [0.15, 0.2) is 9.84 Å². The lowest BCUT2D eigenvalue weighted by molar-refractivity contribution is -0.133. The molecule has 9 rings (SSSR count). The Hall–Kier alpha value is -4.47. The summed E-state index contributed by atoms with van der Waals surface area (Å²) < 4.78 is 53.4. The SMILES string of the molecule is CC(C)(C)C1CCCN(C(=O)/C=C/CN2CC(O)C2)C1.CC(C)(C)C1CCCN(C(=O)/C=C/CN2CCCOCC2)C1.CC(C)C1CCCN(C(=O)/C=C/CN2CCC(S(C)(=O)=O)CC2)C1.CC(Cl)C(=O)N1CCCC(C(C)(C)C)C1.Cc1ccc(S(=O)(=O)Cc2cccc(C(C)C)c2)cc1. The van der Waals surface area contributed by atoms with Crippen molar-refractivity contribution in [2.45, 2.75) is 208 Å². The van der Waals surface area contributed by atoms with Crippen molar-refractivity contribution < 1.29 is 45.9 Å². The van der Waals surface area contributed by atoms with E-state index in [-0.39, 0.29) is 62.4 Å². The van der Waals surface area contributed by atoms with Crippen LogP contribution in [0.15, 0.2) is 89.9 Å². The number of aliphatic hydroxyl groups excluding tert-OH is 1. The number of ether oxygens (including phenoxy) is 1. The van der Waals surface area contributed by atoms with Crippen molar-refractivity contribution in [1.29, 1.82) is 0 Å². The van der Waals surface area contributed by atoms with Gasteiger partial charge in [0, 0.05) is 129 Å². The standard InChI is InChI=1S/C18H32N2O3S.C18H32N2O2.C17H20O2S.C16H28N2O2.C12H22ClNO/c1-15(2)16-6-4-11-20(14-16)18(21)7-5-10-19-12-8-17(9-13-19)24(3,22)23;1-18(2,3)16-7-4-11-20(15-16)17(21)8-5-9-19-10-6-13-22-14-12-19;1-13(2)16-6-4-5-15(11-16)12-20(18,19)17-9-7-14(3)8-10-17;1-16(2,3)13-6-4-9-18(10-13)15(20)7-5-8-17-11-14(19)12-17;1-9(13)11(15)14-7-5-6-10(8-14)12(2,3)4/h5,7,15-17H,4,6,8-14H2,1-3H3;5,8,16H,4,6-7,9-15H2,1-3H3;4-11,13H,12H2,1-3H3;5,7,13-14,19H,4,6,8-12H2,1-3H3;9-10H,5-8H2,1-4H3/b7-5+;8-5+;;7-5+;. The first-order chi connectivity index (χ1) is 47.3. The third-order valence-corrected chi connectivity index (χ3v) is 25.1. The summed E-state index contributed by atoms with van der Waals surface area (Å²) in [7, 11) is -6.19. The predicted octanol–water partition coefficient (Wildman–Crippen LogP) is 13.0. The molecule has 5 unspecified atom stereocenters. The fraction of sp³-hybridized carbons (Fsp3) is 0.728. The van der Waals surface area contributed by atoms with Crippen LogP contribution in [0.3, 0.4) is 0 Å². The zero-order chi connectivity index (χ0) is 74.9. The van der Waals surface area contributed by atoms with Crippen molar-refractivity contribution in [2.24, 2.45) is 45.8 Å². The van der Waals surface area contributed by atoms with Gasteiger partial charge in [0.25, 0.3) is 0 Å². The van der Waals surface area contributed by atoms with Crippen LogP contribution >= 0.6 is 11.6 Å². The van der Waals surface area contributed by atoms with E-state index in [4.69, 9.17) is 16.3 Å². The second-order valence-corrected chi connectivity index (χ2v) is 38.6. The van der Waals surface area contributed by atoms with Gasteiger partial charge in [-0.05, 0) is 173 Å². The van der Waals surface area contributed by atoms with Crippen molar-refractivity contribution >= 4 is 54.9 Å². The average Bonchev–Trinajstić information content (AvgIpc) is 1.23. The largest absolute Gasteiger partial charge is 0.390 e. The number of likely N-dealkylation sites (tertiary alicyclic amines) is 6. The van der Waals surface area contributed by atoms with Crippen molar-refractivity contribution in [3.63, 3.8) is 0 Å². The van der Waals surface area contributed by atoms with Crippen LogP contribution in [-0.4, -0.2) is 227 Å². The third kappa shape index (κ3) is 31.2. The molecule has 20 heteroatoms. The molecule has 2 aromatic carbocycles. The minimum Gasteiger partial charge on any atom is -0.390 e. The van der Waals surface area contributed by atoms with Crippen molar-refractivity contribution in [3.8, 4) is 0 Å². The number of sulfone groups is 2. The minimum absolute atomic E-state index is 0.0522. The van der Waals surface area contributed by atoms with Gasteiger partial charge < -0.3 is 29.4 Å². The Kier molecular flexibility index (Phi) is 35.8. The van der Waals surface area contributed by atoms with Gasteiger partial charge in [-0.15, -0.1) is 11.6 Å². The number of alkyl halides is 1. The maximum atomic E-state index is 12.4. The molecular weight excluding hydrogens is 1330 g/mol. The highest BCUT2D eigenvalue weighted by Crippen LogP contribution is 2.36. The number of aliphatic hydroxyl groups is 1. The molecule has 0 bridgehead atoms. The van der Waals surface area contributed by atoms with Crippen molar-refractivity contribution in [2.75, 3.05) is 131 Å². The van der Waals surface area contributed by atoms with E-state index in [9.17, 15) is 41.1 Å². The number of halogens is 1. The zero-order valence-corrected chi connectivity index (χ0v) is 67.5. The van der Waals surface area contributed by atoms with Gasteiger partial charge >= 0.3 is 0 Å². The second-order valence-electron chi connectivity index (χ2n) is 33.7. The Morgan fingerprint density at radius 1 is 0.545 bits per heavy atom. The average molecular weight is 1470 g/mol. The first-order valence-corrected chi connectivity index (χ1v) is 42.1. The highest BCUT2D eigenvalue weighted by Gasteiger charge is 2.35. The smallest absolute Gasteiger partial charge is 0.246 e. The lowest BCUT2D eigenvalue weighted by atomic mass is 9.76. The molecule has 7 aliphatic rings. The first-order valence-electron chi connectivity index (χ1n) is 38.1. The van der Waals surface area contributed by atoms with E-state index in [2.05, 4.69) is 105 Å². The van der Waals surface area contributed by atoms with E-state index in [1.807, 2.05) is 81.1 Å². The molecule has 17 nitrogen and oxygen atoms in total. The summed E-state index contributed by atoms with van der Waals surface area (Å²) in [4.78, 5) is 63.7. The quantitative estimate of drug-likeness (QED) is 0.124. The van der Waals surface area contributed by atoms with E-state index in [1.165, 1.54) is 37.5 Å². The van der Waals surface area contributed by atoms with Crippen LogP contribution in [0.4, 0.5) is 0 Å². The van der Waals surface area contributed by atoms with Gasteiger partial charge in [-0.25, -0.2) is 16.8 Å². The second kappa shape index (κ2) is 41.4. The molecule has 7 heterocycles. The molecule has 7 saturated heterocycles. The van der Waals surface area contributed by atoms with E-state index >= 15 is 0 Å². The van der Waals surface area contributed by atoms with E-state index in [1.54, 1.807) is 37.3 Å². The topological polar surface area (TPSA) is 189 Å². The molecule has 5 atom stereocenters. The van der Waals surface area contributed by atoms with Crippen LogP contribution < -0.4 is 0 Å². The molecule has 7 aliphatic heterocycles. The molecule has 0 saturated carbocycles. The number of hydrogen-bond donors (Lipinski definition) is 1. The number of hydrogen-bond acceptors (Lipinski definition) is 13. The maximum absolute atomic E-state index is 12.4. The van der Waals surface area contributed by atoms with Crippen molar-refractivity contribution in [1.82, 2.24) is 34.3 Å². The number of carbonyl (C=O) groups excluding carboxylic acids is 4. The predicted molar refractivity (Wildman–Crippen MR) is 414 cm³/mol. The Morgan fingerprint density at radius 3 is 1.44 bits per heavy atom. The Labute approximate surface area is 617 Å². The van der Waals surface area contributed by atoms with Crippen LogP contribution in [0.1, 0.15) is 190 Å². The molecule has 101 heavy (non-hydrogen) atoms. The van der Waals surface area contributed by atoms with Gasteiger partial charge in [0.1, 0.15) is 15.2 Å². The molecule has 2 aromatic rings. The third-order valence-electron chi connectivity index (χ3n) is 21.5. The minimum atomic E-state index is -3.27. The summed E-state index contributed by atoms with van der Waals surface area (Å²) >= 11 is 5.83. The number of β-amino-alcohol motifs (C(OH)–C–C–N with tert-alkyl or cyclic N) is 1. The fourth-order valence-electron chi connectivity index (χ4n) is 14.2. The number of piperidine rings is 5. The molecule has 572 valence electrons. The summed E-state index contributed by atoms with van der Waals surface area (Å²) in [5, 5.41) is 8.62. The van der Waals surface area contributed by atoms with Crippen LogP contribution in [-0.2, 0) is 49.3 Å². The number of benzene rings is 2. The molecule has 7 fully saturated rings. The van der Waals surface area contributed by atoms with Gasteiger partial charge in [-0.1, -0.05) is 150 Å². The summed E-state index contributed by atoms with van der Waals surface area (Å²) in [5.41, 5.74) is 3.92. The number of rotatable bonds is 16. The zero-order valence-electron chi connectivity index (χ0n) is 65.1. The van der Waals surface area contributed by atoms with Gasteiger partial charge in [-0.2, -0.15) is 0 Å². The molecule has 0 aromatic heterocycles. The molecule has 0 spiro atoms. The van der Waals surface area contributed by atoms with Crippen LogP contribution in [0.25, 0.3) is 0 Å². The molecule has 4 amide bonds. The number of aryl methyl sites for hydroxylation is 1. The normalized spacial score (nSPS) is 22.7. The molecule has 0 radical (unpaired) electrons. The van der Waals surface area contributed by atoms with E-state index in [0.717, 1.165) is 168 Å². The van der Waals surface area contributed by atoms with Gasteiger partial charge in [-0.3, -0.25) is 33.9 Å². The number of nitrogens with zero attached hydrogens (tertiary/aromatic N) is 7. The van der Waals surface area contributed by atoms with Gasteiger partial charge in [0.2, 0.25) is 23.6 Å². The Balaban J connectivity index is 0.000000229. The molecule has 0 aliphatic carbocycles. The lowest BCUT2D eigenvalue weighted by Gasteiger charge is -2.40. The number of amides is 4. The summed E-state index contributed by atoms with van der Waals surface area (Å²) in [6.45, 7) is 48.9. The Morgan fingerprint density at radius 2 is 0.990 bits per heavy atom. The van der Waals surface area contributed by atoms with Crippen LogP contribution in [0, 0.1) is 52.8 Å². The van der Waals surface area contributed by atoms with Crippen LogP contribution in [0.5, 0.6) is 0 Å². The maximum Gasteiger partial charge on any atom is 0.246 e. The monoisotopic (exact) mass is 1460 g/mol. The summed E-state index contributed by atoms with van der Waals surface area (Å²) in [6.07, 6.45) is 24.1. The first kappa shape index (κ1) is 87.2. The van der Waals surface area contributed by atoms with Gasteiger partial charge in [0.05, 0.1) is 28.6 Å². The highest BCUT2D eigenvalue weighted by atomic mass is 35.5. The Bertz CT molecular complexity index is 3170. The summed E-state index contributed by atoms with van der Waals surface area (Å²) in [5.74, 6) is 4.03. The van der Waals surface area contributed by atoms with Crippen LogP contribution in [0.2, 0.25) is 0 Å².